The minimum atomic E-state index is -3.11. The highest BCUT2D eigenvalue weighted by molar-refractivity contribution is 7.91. The lowest BCUT2D eigenvalue weighted by atomic mass is 10.0. The van der Waals surface area contributed by atoms with Crippen molar-refractivity contribution in [1.29, 1.82) is 0 Å². The van der Waals surface area contributed by atoms with E-state index in [0.717, 1.165) is 0 Å². The number of rotatable bonds is 8. The molecule has 1 atom stereocenters. The largest absolute Gasteiger partial charge is 0.490 e. The van der Waals surface area contributed by atoms with Gasteiger partial charge in [-0.05, 0) is 46.2 Å². The molecule has 1 heterocycles. The summed E-state index contributed by atoms with van der Waals surface area (Å²) in [4.78, 5) is 12.7. The molecule has 0 bridgehead atoms. The molecule has 26 heavy (non-hydrogen) atoms. The topological polar surface area (TPSA) is 90.9 Å². The van der Waals surface area contributed by atoms with Gasteiger partial charge >= 0.3 is 0 Å². The second-order valence-electron chi connectivity index (χ2n) is 6.46. The van der Waals surface area contributed by atoms with Crippen LogP contribution >= 0.6 is 0 Å². The molecule has 1 aliphatic rings. The average molecular weight is 385 g/mol. The van der Waals surface area contributed by atoms with Gasteiger partial charge < -0.3 is 19.5 Å². The van der Waals surface area contributed by atoms with E-state index in [0.29, 0.717) is 49.1 Å². The van der Waals surface area contributed by atoms with Gasteiger partial charge in [0.25, 0.3) is 5.91 Å². The van der Waals surface area contributed by atoms with Crippen LogP contribution < -0.4 is 19.5 Å². The van der Waals surface area contributed by atoms with Gasteiger partial charge in [-0.2, -0.15) is 0 Å². The van der Waals surface area contributed by atoms with Gasteiger partial charge in [-0.15, -0.1) is 0 Å². The second kappa shape index (κ2) is 8.16. The van der Waals surface area contributed by atoms with Crippen LogP contribution in [-0.2, 0) is 9.84 Å². The van der Waals surface area contributed by atoms with Crippen molar-refractivity contribution in [2.75, 3.05) is 31.3 Å². The van der Waals surface area contributed by atoms with Gasteiger partial charge in [0.2, 0.25) is 5.75 Å². The summed E-state index contributed by atoms with van der Waals surface area (Å²) in [6.07, 6.45) is 0.398. The van der Waals surface area contributed by atoms with Crippen LogP contribution in [0.3, 0.4) is 0 Å². The van der Waals surface area contributed by atoms with Gasteiger partial charge in [-0.3, -0.25) is 4.79 Å². The molecule has 0 aromatic heterocycles. The monoisotopic (exact) mass is 385 g/mol. The van der Waals surface area contributed by atoms with E-state index in [1.165, 1.54) is 0 Å². The molecular weight excluding hydrogens is 358 g/mol. The summed E-state index contributed by atoms with van der Waals surface area (Å²) < 4.78 is 40.4. The van der Waals surface area contributed by atoms with Crippen LogP contribution in [0.5, 0.6) is 17.2 Å². The minimum absolute atomic E-state index is 0.0561. The van der Waals surface area contributed by atoms with Gasteiger partial charge in [0, 0.05) is 5.56 Å². The quantitative estimate of drug-likeness (QED) is 0.738. The molecule has 0 aliphatic carbocycles. The van der Waals surface area contributed by atoms with Gasteiger partial charge in [-0.25, -0.2) is 8.42 Å². The van der Waals surface area contributed by atoms with Gasteiger partial charge in [-0.1, -0.05) is 0 Å². The fraction of sp³-hybridized carbons (Fsp3) is 0.611. The molecule has 0 spiro atoms. The molecule has 0 radical (unpaired) electrons. The number of carbonyl (C=O) groups excluding carboxylic acids is 1. The summed E-state index contributed by atoms with van der Waals surface area (Å²) in [6.45, 7) is 8.53. The minimum Gasteiger partial charge on any atom is -0.490 e. The second-order valence-corrected chi connectivity index (χ2v) is 8.64. The molecule has 1 aliphatic heterocycles. The molecule has 1 N–H and O–H groups in total. The number of carbonyl (C=O) groups is 1. The van der Waals surface area contributed by atoms with E-state index in [1.807, 2.05) is 20.8 Å². The zero-order valence-corrected chi connectivity index (χ0v) is 16.6. The van der Waals surface area contributed by atoms with E-state index in [2.05, 4.69) is 5.32 Å². The predicted molar refractivity (Wildman–Crippen MR) is 99.1 cm³/mol. The van der Waals surface area contributed by atoms with Crippen molar-refractivity contribution < 1.29 is 27.4 Å². The van der Waals surface area contributed by atoms with Crippen LogP contribution in [0.2, 0.25) is 0 Å². The highest BCUT2D eigenvalue weighted by Gasteiger charge is 2.39. The number of nitrogens with one attached hydrogen (secondary N) is 1. The summed E-state index contributed by atoms with van der Waals surface area (Å²) >= 11 is 0. The molecule has 1 saturated heterocycles. The molecule has 1 amide bonds. The standard InChI is InChI=1S/C18H27NO6S/c1-5-23-14-10-13(11-15(24-6-2)16(14)25-7-3)17(20)19-18(4)8-9-26(21,22)12-18/h10-11H,5-9,12H2,1-4H3,(H,19,20)/t18-/m0/s1. The van der Waals surface area contributed by atoms with Crippen molar-refractivity contribution in [3.8, 4) is 17.2 Å². The molecule has 1 aromatic rings. The number of amides is 1. The van der Waals surface area contributed by atoms with Gasteiger partial charge in [0.1, 0.15) is 0 Å². The molecule has 0 saturated carbocycles. The SMILES string of the molecule is CCOc1cc(C(=O)N[C@@]2(C)CCS(=O)(=O)C2)cc(OCC)c1OCC. The third-order valence-electron chi connectivity index (χ3n) is 4.09. The maximum absolute atomic E-state index is 12.7. The van der Waals surface area contributed by atoms with Crippen LogP contribution in [0.25, 0.3) is 0 Å². The van der Waals surface area contributed by atoms with Gasteiger partial charge in [0.05, 0.1) is 36.9 Å². The smallest absolute Gasteiger partial charge is 0.252 e. The summed E-state index contributed by atoms with van der Waals surface area (Å²) in [5, 5.41) is 2.85. The van der Waals surface area contributed by atoms with Crippen molar-refractivity contribution in [2.24, 2.45) is 0 Å². The Bertz CT molecular complexity index is 734. The Hall–Kier alpha value is -1.96. The number of hydrogen-bond donors (Lipinski definition) is 1. The summed E-state index contributed by atoms with van der Waals surface area (Å²) in [7, 11) is -3.11. The molecule has 1 aromatic carbocycles. The number of ether oxygens (including phenoxy) is 3. The Labute approximate surface area is 154 Å². The Morgan fingerprint density at radius 2 is 1.62 bits per heavy atom. The third kappa shape index (κ3) is 4.81. The predicted octanol–water partition coefficient (Wildman–Crippen LogP) is 2.19. The first-order chi connectivity index (χ1) is 12.2. The van der Waals surface area contributed by atoms with Crippen LogP contribution in [0.15, 0.2) is 12.1 Å². The highest BCUT2D eigenvalue weighted by atomic mass is 32.2. The van der Waals surface area contributed by atoms with Crippen molar-refractivity contribution in [3.05, 3.63) is 17.7 Å². The zero-order chi connectivity index (χ0) is 19.4. The Morgan fingerprint density at radius 1 is 1.08 bits per heavy atom. The molecular formula is C18H27NO6S. The summed E-state index contributed by atoms with van der Waals surface area (Å²) in [6, 6.07) is 3.19. The maximum atomic E-state index is 12.7. The Morgan fingerprint density at radius 3 is 2.04 bits per heavy atom. The highest BCUT2D eigenvalue weighted by Crippen LogP contribution is 2.39. The maximum Gasteiger partial charge on any atom is 0.252 e. The number of sulfone groups is 1. The first-order valence-corrected chi connectivity index (χ1v) is 10.6. The van der Waals surface area contributed by atoms with E-state index in [1.54, 1.807) is 19.1 Å². The molecule has 146 valence electrons. The van der Waals surface area contributed by atoms with E-state index in [4.69, 9.17) is 14.2 Å². The van der Waals surface area contributed by atoms with Crippen molar-refractivity contribution >= 4 is 15.7 Å². The van der Waals surface area contributed by atoms with E-state index in [-0.39, 0.29) is 17.4 Å². The third-order valence-corrected chi connectivity index (χ3v) is 5.99. The fourth-order valence-electron chi connectivity index (χ4n) is 2.98. The van der Waals surface area contributed by atoms with Crippen LogP contribution in [0.1, 0.15) is 44.5 Å². The average Bonchev–Trinajstić information content (AvgIpc) is 2.83. The van der Waals surface area contributed by atoms with Gasteiger partial charge in [0.15, 0.2) is 21.3 Å². The summed E-state index contributed by atoms with van der Waals surface area (Å²) in [5.74, 6) is 0.974. The lowest BCUT2D eigenvalue weighted by Gasteiger charge is -2.24. The Kier molecular flexibility index (Phi) is 6.39. The Balaban J connectivity index is 2.34. The molecule has 0 unspecified atom stereocenters. The van der Waals surface area contributed by atoms with Crippen LogP contribution in [0.4, 0.5) is 0 Å². The normalized spacial score (nSPS) is 21.2. The molecule has 8 heteroatoms. The van der Waals surface area contributed by atoms with E-state index >= 15 is 0 Å². The number of benzene rings is 1. The molecule has 7 nitrogen and oxygen atoms in total. The van der Waals surface area contributed by atoms with Crippen molar-refractivity contribution in [3.63, 3.8) is 0 Å². The molecule has 2 rings (SSSR count). The first kappa shape index (κ1) is 20.4. The lowest BCUT2D eigenvalue weighted by molar-refractivity contribution is 0.0914. The van der Waals surface area contributed by atoms with E-state index < -0.39 is 15.4 Å². The summed E-state index contributed by atoms with van der Waals surface area (Å²) in [5.41, 5.74) is -0.433. The molecule has 1 fully saturated rings. The van der Waals surface area contributed by atoms with Crippen LogP contribution in [0, 0.1) is 0 Å². The first-order valence-electron chi connectivity index (χ1n) is 8.83. The van der Waals surface area contributed by atoms with Crippen molar-refractivity contribution in [1.82, 2.24) is 5.32 Å². The lowest BCUT2D eigenvalue weighted by Crippen LogP contribution is -2.46. The zero-order valence-electron chi connectivity index (χ0n) is 15.8. The van der Waals surface area contributed by atoms with Crippen LogP contribution in [-0.4, -0.2) is 51.2 Å². The fourth-order valence-corrected chi connectivity index (χ4v) is 5.07. The number of hydrogen-bond acceptors (Lipinski definition) is 6. The van der Waals surface area contributed by atoms with Crippen molar-refractivity contribution in [2.45, 2.75) is 39.7 Å². The van der Waals surface area contributed by atoms with E-state index in [9.17, 15) is 13.2 Å².